The molecule has 3 aliphatic rings. The number of aromatic hydroxyl groups is 1. The Kier molecular flexibility index (Phi) is 9.16. The van der Waals surface area contributed by atoms with Crippen LogP contribution in [0.4, 0.5) is 4.39 Å². The molecule has 2 fully saturated rings. The first kappa shape index (κ1) is 32.0. The number of aliphatic hydroxyl groups excluding tert-OH is 1. The van der Waals surface area contributed by atoms with Crippen LogP contribution in [-0.2, 0) is 30.5 Å². The highest BCUT2D eigenvalue weighted by Crippen LogP contribution is 2.33. The van der Waals surface area contributed by atoms with Gasteiger partial charge < -0.3 is 30.2 Å². The fourth-order valence-electron chi connectivity index (χ4n) is 7.34. The molecule has 1 atom stereocenters. The Labute approximate surface area is 275 Å². The van der Waals surface area contributed by atoms with Crippen LogP contribution in [0.3, 0.4) is 0 Å². The van der Waals surface area contributed by atoms with Gasteiger partial charge in [-0.3, -0.25) is 19.6 Å². The van der Waals surface area contributed by atoms with Crippen molar-refractivity contribution in [1.29, 1.82) is 0 Å². The first-order valence-electron chi connectivity index (χ1n) is 16.5. The van der Waals surface area contributed by atoms with E-state index in [1.165, 1.54) is 6.07 Å². The average molecular weight is 665 g/mol. The Morgan fingerprint density at radius 2 is 1.96 bits per heavy atom. The standard InChI is InChI=1S/C34H41FN6O5S/c35-23-16-21(7-10-36-18-28(43)25-5-6-27(42)30-31(25)47-33(45)37-30)15-22(17-23)19-40-11-8-34(9-12-40)20-41(13-14-46-34)32(44)29-24-3-1-2-4-26(24)38-39-29/h5-6,15-17,28,36,42-43H,1-4,7-14,18-20H2,(H,37,45)(H,38,39)/t28-/m0/s1. The molecule has 47 heavy (non-hydrogen) atoms. The summed E-state index contributed by atoms with van der Waals surface area (Å²) in [5.41, 5.74) is 5.10. The first-order chi connectivity index (χ1) is 22.8. The van der Waals surface area contributed by atoms with Crippen LogP contribution in [0.25, 0.3) is 10.2 Å². The Balaban J connectivity index is 0.903. The Hall–Kier alpha value is -3.62. The third-order valence-electron chi connectivity index (χ3n) is 9.86. The molecule has 11 nitrogen and oxygen atoms in total. The van der Waals surface area contributed by atoms with Crippen LogP contribution in [0, 0.1) is 5.82 Å². The number of fused-ring (bicyclic) bond motifs is 2. The van der Waals surface area contributed by atoms with Gasteiger partial charge in [0.05, 0.1) is 35.3 Å². The number of hydrogen-bond donors (Lipinski definition) is 5. The van der Waals surface area contributed by atoms with E-state index in [1.54, 1.807) is 18.2 Å². The van der Waals surface area contributed by atoms with Gasteiger partial charge in [0.15, 0.2) is 0 Å². The van der Waals surface area contributed by atoms with Crippen molar-refractivity contribution < 1.29 is 24.1 Å². The SMILES string of the molecule is O=C(c1[nH]nc2c1CCCC2)N1CCOC2(CCN(Cc3cc(F)cc(CCNC[C@H](O)c4ccc(O)c5[nH]c(=O)sc45)c3)CC2)C1. The van der Waals surface area contributed by atoms with Gasteiger partial charge in [0.1, 0.15) is 22.8 Å². The maximum atomic E-state index is 14.7. The molecule has 4 heterocycles. The predicted octanol–water partition coefficient (Wildman–Crippen LogP) is 3.41. The fraction of sp³-hybridized carbons (Fsp3) is 0.500. The zero-order valence-electron chi connectivity index (χ0n) is 26.3. The van der Waals surface area contributed by atoms with Crippen LogP contribution in [0.2, 0.25) is 0 Å². The highest BCUT2D eigenvalue weighted by atomic mass is 32.1. The molecular formula is C34H41FN6O5S. The molecule has 2 aromatic heterocycles. The van der Waals surface area contributed by atoms with E-state index in [2.05, 4.69) is 25.4 Å². The van der Waals surface area contributed by atoms with Gasteiger partial charge in [0.2, 0.25) is 0 Å². The number of nitrogens with one attached hydrogen (secondary N) is 3. The summed E-state index contributed by atoms with van der Waals surface area (Å²) in [6, 6.07) is 8.26. The second-order valence-electron chi connectivity index (χ2n) is 13.1. The largest absolute Gasteiger partial charge is 0.506 e. The number of halogens is 1. The summed E-state index contributed by atoms with van der Waals surface area (Å²) in [7, 11) is 0. The Morgan fingerprint density at radius 1 is 1.15 bits per heavy atom. The minimum atomic E-state index is -0.871. The smallest absolute Gasteiger partial charge is 0.305 e. The number of aromatic amines is 2. The number of carbonyl (C=O) groups excluding carboxylic acids is 1. The summed E-state index contributed by atoms with van der Waals surface area (Å²) in [5, 5.41) is 31.4. The number of aryl methyl sites for hydroxylation is 1. The zero-order valence-corrected chi connectivity index (χ0v) is 27.1. The Morgan fingerprint density at radius 3 is 2.81 bits per heavy atom. The number of thiazole rings is 1. The molecule has 1 amide bonds. The number of carbonyl (C=O) groups is 1. The van der Waals surface area contributed by atoms with Crippen LogP contribution in [-0.4, -0.2) is 92.6 Å². The second-order valence-corrected chi connectivity index (χ2v) is 14.1. The number of likely N-dealkylation sites (tertiary alicyclic amines) is 1. The van der Waals surface area contributed by atoms with E-state index in [9.17, 15) is 24.2 Å². The summed E-state index contributed by atoms with van der Waals surface area (Å²) >= 11 is 0.955. The van der Waals surface area contributed by atoms with Gasteiger partial charge in [-0.25, -0.2) is 4.39 Å². The minimum absolute atomic E-state index is 0.0266. The van der Waals surface area contributed by atoms with E-state index in [0.29, 0.717) is 60.7 Å². The number of aliphatic hydroxyl groups is 1. The Bertz CT molecular complexity index is 1810. The molecule has 13 heteroatoms. The normalized spacial score (nSPS) is 18.9. The number of hydrogen-bond acceptors (Lipinski definition) is 9. The highest BCUT2D eigenvalue weighted by molar-refractivity contribution is 7.16. The van der Waals surface area contributed by atoms with Crippen molar-refractivity contribution in [2.24, 2.45) is 0 Å². The number of H-pyrrole nitrogens is 2. The number of amides is 1. The quantitative estimate of drug-likeness (QED) is 0.171. The van der Waals surface area contributed by atoms with Crippen molar-refractivity contribution in [3.8, 4) is 5.75 Å². The summed E-state index contributed by atoms with van der Waals surface area (Å²) in [6.07, 6.45) is 5.37. The molecule has 2 saturated heterocycles. The molecule has 250 valence electrons. The maximum Gasteiger partial charge on any atom is 0.305 e. The van der Waals surface area contributed by atoms with Gasteiger partial charge >= 0.3 is 4.87 Å². The number of phenolic OH excluding ortho intramolecular Hbond substituents is 1. The molecule has 7 rings (SSSR count). The predicted molar refractivity (Wildman–Crippen MR) is 176 cm³/mol. The molecular weight excluding hydrogens is 623 g/mol. The van der Waals surface area contributed by atoms with Crippen molar-refractivity contribution in [3.63, 3.8) is 0 Å². The monoisotopic (exact) mass is 664 g/mol. The molecule has 2 aromatic carbocycles. The van der Waals surface area contributed by atoms with E-state index in [1.807, 2.05) is 11.0 Å². The van der Waals surface area contributed by atoms with Gasteiger partial charge in [-0.15, -0.1) is 0 Å². The number of phenols is 1. The van der Waals surface area contributed by atoms with E-state index in [-0.39, 0.29) is 34.5 Å². The number of ether oxygens (including phenoxy) is 1. The molecule has 2 aliphatic heterocycles. The molecule has 1 spiro atoms. The van der Waals surface area contributed by atoms with Crippen molar-refractivity contribution in [1.82, 2.24) is 30.3 Å². The zero-order chi connectivity index (χ0) is 32.5. The van der Waals surface area contributed by atoms with Crippen LogP contribution >= 0.6 is 11.3 Å². The number of rotatable bonds is 9. The second kappa shape index (κ2) is 13.5. The average Bonchev–Trinajstić information content (AvgIpc) is 3.68. The molecule has 0 bridgehead atoms. The molecule has 0 radical (unpaired) electrons. The lowest BCUT2D eigenvalue weighted by atomic mass is 9.88. The molecule has 0 saturated carbocycles. The van der Waals surface area contributed by atoms with Gasteiger partial charge in [0, 0.05) is 43.9 Å². The summed E-state index contributed by atoms with van der Waals surface area (Å²) in [5.74, 6) is -0.276. The number of morpholine rings is 1. The maximum absolute atomic E-state index is 14.7. The van der Waals surface area contributed by atoms with Crippen molar-refractivity contribution in [2.75, 3.05) is 45.9 Å². The molecule has 1 aliphatic carbocycles. The van der Waals surface area contributed by atoms with Gasteiger partial charge in [-0.2, -0.15) is 5.10 Å². The highest BCUT2D eigenvalue weighted by Gasteiger charge is 2.42. The van der Waals surface area contributed by atoms with Gasteiger partial charge in [0.25, 0.3) is 5.91 Å². The fourth-order valence-corrected chi connectivity index (χ4v) is 8.26. The molecule has 0 unspecified atom stereocenters. The topological polar surface area (TPSA) is 147 Å². The minimum Gasteiger partial charge on any atom is -0.506 e. The van der Waals surface area contributed by atoms with E-state index < -0.39 is 6.10 Å². The summed E-state index contributed by atoms with van der Waals surface area (Å²) in [6.45, 7) is 4.68. The van der Waals surface area contributed by atoms with Crippen LogP contribution in [0.5, 0.6) is 5.75 Å². The number of benzene rings is 2. The lowest BCUT2D eigenvalue weighted by Gasteiger charge is -2.47. The van der Waals surface area contributed by atoms with Crippen LogP contribution in [0.1, 0.15) is 70.2 Å². The number of piperidine rings is 1. The lowest BCUT2D eigenvalue weighted by Crippen LogP contribution is -2.58. The molecule has 4 aromatic rings. The summed E-state index contributed by atoms with van der Waals surface area (Å²) < 4.78 is 21.5. The van der Waals surface area contributed by atoms with Crippen LogP contribution in [0.15, 0.2) is 35.1 Å². The van der Waals surface area contributed by atoms with E-state index >= 15 is 0 Å². The third kappa shape index (κ3) is 6.86. The van der Waals surface area contributed by atoms with Gasteiger partial charge in [-0.1, -0.05) is 23.5 Å². The first-order valence-corrected chi connectivity index (χ1v) is 17.3. The van der Waals surface area contributed by atoms with E-state index in [0.717, 1.165) is 85.3 Å². The van der Waals surface area contributed by atoms with Crippen molar-refractivity contribution in [2.45, 2.75) is 63.2 Å². The van der Waals surface area contributed by atoms with Crippen molar-refractivity contribution in [3.05, 3.63) is 79.5 Å². The lowest BCUT2D eigenvalue weighted by molar-refractivity contribution is -0.128. The van der Waals surface area contributed by atoms with Crippen molar-refractivity contribution >= 4 is 27.5 Å². The van der Waals surface area contributed by atoms with E-state index in [4.69, 9.17) is 4.74 Å². The third-order valence-corrected chi connectivity index (χ3v) is 10.8. The summed E-state index contributed by atoms with van der Waals surface area (Å²) in [4.78, 5) is 31.9. The van der Waals surface area contributed by atoms with Gasteiger partial charge in [-0.05, 0) is 80.8 Å². The number of nitrogens with zero attached hydrogens (tertiary/aromatic N) is 3. The number of aromatic nitrogens is 3. The van der Waals surface area contributed by atoms with Crippen LogP contribution < -0.4 is 10.2 Å². The molecule has 5 N–H and O–H groups in total.